The molecule has 0 aromatic heterocycles. The molecule has 0 bridgehead atoms. The first-order valence-electron chi connectivity index (χ1n) is 4.73. The van der Waals surface area contributed by atoms with Gasteiger partial charge in [0.2, 0.25) is 0 Å². The monoisotopic (exact) mass is 166 g/mol. The van der Waals surface area contributed by atoms with Gasteiger partial charge in [-0.25, -0.2) is 0 Å². The Morgan fingerprint density at radius 1 is 1.75 bits per heavy atom. The van der Waals surface area contributed by atoms with Crippen LogP contribution >= 0.6 is 0 Å². The number of aliphatic hydroxyl groups is 1. The van der Waals surface area contributed by atoms with Crippen LogP contribution in [0.2, 0.25) is 0 Å². The maximum atomic E-state index is 8.75. The Labute approximate surface area is 74.8 Å². The molecule has 0 saturated heterocycles. The van der Waals surface area contributed by atoms with Crippen LogP contribution in [0.1, 0.15) is 33.1 Å². The van der Waals surface area contributed by atoms with Crippen LogP contribution in [0.5, 0.6) is 0 Å². The summed E-state index contributed by atoms with van der Waals surface area (Å²) in [4.78, 5) is 0. The van der Waals surface area contributed by atoms with E-state index < -0.39 is 0 Å². The van der Waals surface area contributed by atoms with E-state index in [4.69, 9.17) is 5.11 Å². The van der Waals surface area contributed by atoms with Gasteiger partial charge >= 0.3 is 0 Å². The quantitative estimate of drug-likeness (QED) is 0.668. The van der Waals surface area contributed by atoms with Crippen molar-refractivity contribution in [3.05, 3.63) is 23.3 Å². The lowest BCUT2D eigenvalue weighted by atomic mass is 9.85. The molecule has 0 heterocycles. The van der Waals surface area contributed by atoms with E-state index in [-0.39, 0.29) is 6.61 Å². The first-order valence-corrected chi connectivity index (χ1v) is 4.73. The van der Waals surface area contributed by atoms with Crippen LogP contribution in [0, 0.1) is 5.92 Å². The number of rotatable bonds is 2. The molecular formula is C11H18O. The van der Waals surface area contributed by atoms with E-state index in [2.05, 4.69) is 19.9 Å². The number of hydrogen-bond donors (Lipinski definition) is 1. The highest BCUT2D eigenvalue weighted by Gasteiger charge is 2.13. The second-order valence-electron chi connectivity index (χ2n) is 3.56. The van der Waals surface area contributed by atoms with Crippen LogP contribution < -0.4 is 0 Å². The third-order valence-corrected chi connectivity index (χ3v) is 2.59. The normalized spacial score (nSPS) is 25.4. The summed E-state index contributed by atoms with van der Waals surface area (Å²) >= 11 is 0. The van der Waals surface area contributed by atoms with Gasteiger partial charge in [0.25, 0.3) is 0 Å². The molecule has 1 nitrogen and oxygen atoms in total. The SMILES string of the molecule is C/C(=C/CO)C1=CCCCC1C. The number of aliphatic hydroxyl groups excluding tert-OH is 1. The third kappa shape index (κ3) is 2.21. The summed E-state index contributed by atoms with van der Waals surface area (Å²) in [5.74, 6) is 0.682. The summed E-state index contributed by atoms with van der Waals surface area (Å²) < 4.78 is 0. The van der Waals surface area contributed by atoms with Crippen molar-refractivity contribution >= 4 is 0 Å². The van der Waals surface area contributed by atoms with E-state index >= 15 is 0 Å². The van der Waals surface area contributed by atoms with Gasteiger partial charge in [-0.15, -0.1) is 0 Å². The van der Waals surface area contributed by atoms with Gasteiger partial charge in [0.15, 0.2) is 0 Å². The second kappa shape index (κ2) is 4.46. The molecule has 1 aliphatic carbocycles. The van der Waals surface area contributed by atoms with Gasteiger partial charge in [-0.2, -0.15) is 0 Å². The van der Waals surface area contributed by atoms with Gasteiger partial charge in [0.1, 0.15) is 0 Å². The van der Waals surface area contributed by atoms with E-state index in [9.17, 15) is 0 Å². The molecule has 0 aromatic carbocycles. The number of allylic oxidation sites excluding steroid dienone is 3. The van der Waals surface area contributed by atoms with Crippen molar-refractivity contribution in [3.8, 4) is 0 Å². The third-order valence-electron chi connectivity index (χ3n) is 2.59. The largest absolute Gasteiger partial charge is 0.392 e. The first-order chi connectivity index (χ1) is 5.75. The molecule has 0 fully saturated rings. The van der Waals surface area contributed by atoms with Crippen molar-refractivity contribution in [1.29, 1.82) is 0 Å². The zero-order valence-corrected chi connectivity index (χ0v) is 8.01. The van der Waals surface area contributed by atoms with Gasteiger partial charge in [0.05, 0.1) is 6.61 Å². The van der Waals surface area contributed by atoms with Gasteiger partial charge in [-0.1, -0.05) is 19.1 Å². The van der Waals surface area contributed by atoms with Gasteiger partial charge in [-0.05, 0) is 43.3 Å². The summed E-state index contributed by atoms with van der Waals surface area (Å²) in [6, 6.07) is 0. The molecule has 1 unspecified atom stereocenters. The van der Waals surface area contributed by atoms with Crippen LogP contribution in [0.15, 0.2) is 23.3 Å². The van der Waals surface area contributed by atoms with Crippen molar-refractivity contribution in [2.45, 2.75) is 33.1 Å². The average molecular weight is 166 g/mol. The molecule has 1 rings (SSSR count). The highest BCUT2D eigenvalue weighted by Crippen LogP contribution is 2.28. The Bertz CT molecular complexity index is 201. The molecule has 0 aromatic rings. The summed E-state index contributed by atoms with van der Waals surface area (Å²) in [5, 5.41) is 8.75. The van der Waals surface area contributed by atoms with Crippen LogP contribution in [0.4, 0.5) is 0 Å². The molecule has 0 saturated carbocycles. The molecule has 0 aliphatic heterocycles. The van der Waals surface area contributed by atoms with Crippen molar-refractivity contribution in [3.63, 3.8) is 0 Å². The number of hydrogen-bond acceptors (Lipinski definition) is 1. The lowest BCUT2D eigenvalue weighted by Crippen LogP contribution is -2.05. The Morgan fingerprint density at radius 3 is 3.08 bits per heavy atom. The maximum Gasteiger partial charge on any atom is 0.0618 e. The van der Waals surface area contributed by atoms with Crippen LogP contribution in [-0.2, 0) is 0 Å². The standard InChI is InChI=1S/C11H18O/c1-9-5-3-4-6-11(9)10(2)7-8-12/h6-7,9,12H,3-5,8H2,1-2H3/b10-7-. The molecule has 68 valence electrons. The minimum atomic E-state index is 0.163. The average Bonchev–Trinajstić information content (AvgIpc) is 2.05. The smallest absolute Gasteiger partial charge is 0.0618 e. The van der Waals surface area contributed by atoms with Gasteiger partial charge < -0.3 is 5.11 Å². The minimum Gasteiger partial charge on any atom is -0.392 e. The lowest BCUT2D eigenvalue weighted by Gasteiger charge is -2.21. The molecule has 1 atom stereocenters. The summed E-state index contributed by atoms with van der Waals surface area (Å²) in [6.45, 7) is 4.51. The second-order valence-corrected chi connectivity index (χ2v) is 3.56. The van der Waals surface area contributed by atoms with Crippen molar-refractivity contribution < 1.29 is 5.11 Å². The zero-order chi connectivity index (χ0) is 8.97. The van der Waals surface area contributed by atoms with E-state index in [1.54, 1.807) is 0 Å². The predicted octanol–water partition coefficient (Wildman–Crippen LogP) is 2.67. The fourth-order valence-electron chi connectivity index (χ4n) is 1.84. The Kier molecular flexibility index (Phi) is 3.54. The summed E-state index contributed by atoms with van der Waals surface area (Å²) in [6.07, 6.45) is 8.03. The van der Waals surface area contributed by atoms with Gasteiger partial charge in [0, 0.05) is 0 Å². The maximum absolute atomic E-state index is 8.75. The van der Waals surface area contributed by atoms with E-state index in [0.717, 1.165) is 0 Å². The molecule has 0 radical (unpaired) electrons. The highest BCUT2D eigenvalue weighted by molar-refractivity contribution is 5.32. The van der Waals surface area contributed by atoms with Crippen molar-refractivity contribution in [2.24, 2.45) is 5.92 Å². The molecule has 12 heavy (non-hydrogen) atoms. The van der Waals surface area contributed by atoms with Crippen molar-refractivity contribution in [2.75, 3.05) is 6.61 Å². The predicted molar refractivity (Wildman–Crippen MR) is 51.9 cm³/mol. The topological polar surface area (TPSA) is 20.2 Å². The Balaban J connectivity index is 2.71. The zero-order valence-electron chi connectivity index (χ0n) is 8.01. The highest BCUT2D eigenvalue weighted by atomic mass is 16.2. The molecule has 0 amide bonds. The van der Waals surface area contributed by atoms with Gasteiger partial charge in [-0.3, -0.25) is 0 Å². The van der Waals surface area contributed by atoms with E-state index in [1.165, 1.54) is 30.4 Å². The Hall–Kier alpha value is -0.560. The van der Waals surface area contributed by atoms with Crippen LogP contribution in [-0.4, -0.2) is 11.7 Å². The van der Waals surface area contributed by atoms with E-state index in [0.29, 0.717) is 5.92 Å². The molecule has 1 aliphatic rings. The summed E-state index contributed by atoms with van der Waals surface area (Å²) in [5.41, 5.74) is 2.69. The molecule has 0 spiro atoms. The fourth-order valence-corrected chi connectivity index (χ4v) is 1.84. The Morgan fingerprint density at radius 2 is 2.50 bits per heavy atom. The molecule has 1 N–H and O–H groups in total. The summed E-state index contributed by atoms with van der Waals surface area (Å²) in [7, 11) is 0. The minimum absolute atomic E-state index is 0.163. The fraction of sp³-hybridized carbons (Fsp3) is 0.636. The van der Waals surface area contributed by atoms with E-state index in [1.807, 2.05) is 6.08 Å². The molecular weight excluding hydrogens is 148 g/mol. The first kappa shape index (κ1) is 9.53. The molecule has 1 heteroatoms. The van der Waals surface area contributed by atoms with Crippen molar-refractivity contribution in [1.82, 2.24) is 0 Å². The van der Waals surface area contributed by atoms with Crippen LogP contribution in [0.3, 0.4) is 0 Å². The lowest BCUT2D eigenvalue weighted by molar-refractivity contribution is 0.341. The van der Waals surface area contributed by atoms with Crippen LogP contribution in [0.25, 0.3) is 0 Å².